The number of rotatable bonds is 2. The topological polar surface area (TPSA) is 38.9 Å². The summed E-state index contributed by atoms with van der Waals surface area (Å²) in [5.41, 5.74) is 9.22. The molecule has 1 heterocycles. The van der Waals surface area contributed by atoms with E-state index in [1.165, 1.54) is 17.5 Å². The van der Waals surface area contributed by atoms with Crippen molar-refractivity contribution in [1.29, 1.82) is 0 Å². The van der Waals surface area contributed by atoms with E-state index in [1.54, 1.807) is 0 Å². The van der Waals surface area contributed by atoms with Crippen LogP contribution in [0, 0.1) is 0 Å². The standard InChI is InChI=1S/C14H16N2.C3H8/c1-10(2)11-4-3-5-12(8-11)13-6-7-14(15)16-9-13;1-3-2/h3-10H,1-2H3,(H2,15,16);3H2,1-2H3. The molecule has 102 valence electrons. The van der Waals surface area contributed by atoms with E-state index in [-0.39, 0.29) is 0 Å². The minimum absolute atomic E-state index is 0.543. The summed E-state index contributed by atoms with van der Waals surface area (Å²) in [5.74, 6) is 1.10. The largest absolute Gasteiger partial charge is 0.384 e. The monoisotopic (exact) mass is 256 g/mol. The van der Waals surface area contributed by atoms with E-state index in [2.05, 4.69) is 56.9 Å². The molecule has 2 nitrogen and oxygen atoms in total. The third-order valence-corrected chi connectivity index (χ3v) is 2.67. The summed E-state index contributed by atoms with van der Waals surface area (Å²) in [7, 11) is 0. The number of nitrogens with zero attached hydrogens (tertiary/aromatic N) is 1. The van der Waals surface area contributed by atoms with Gasteiger partial charge < -0.3 is 5.73 Å². The van der Waals surface area contributed by atoms with Gasteiger partial charge in [-0.25, -0.2) is 4.98 Å². The summed E-state index contributed by atoms with van der Waals surface area (Å²) in [5, 5.41) is 0. The normalized spacial score (nSPS) is 9.95. The number of hydrogen-bond acceptors (Lipinski definition) is 2. The molecule has 0 spiro atoms. The number of benzene rings is 1. The van der Waals surface area contributed by atoms with Crippen LogP contribution in [0.3, 0.4) is 0 Å². The van der Waals surface area contributed by atoms with Gasteiger partial charge in [0.05, 0.1) is 0 Å². The molecule has 1 aromatic carbocycles. The van der Waals surface area contributed by atoms with Gasteiger partial charge in [-0.3, -0.25) is 0 Å². The smallest absolute Gasteiger partial charge is 0.123 e. The van der Waals surface area contributed by atoms with Crippen LogP contribution in [0.4, 0.5) is 5.82 Å². The molecular weight excluding hydrogens is 232 g/mol. The molecule has 0 unspecified atom stereocenters. The van der Waals surface area contributed by atoms with E-state index in [0.717, 1.165) is 5.56 Å². The lowest BCUT2D eigenvalue weighted by molar-refractivity contribution is 0.867. The van der Waals surface area contributed by atoms with Crippen molar-refractivity contribution in [2.45, 2.75) is 40.0 Å². The Morgan fingerprint density at radius 1 is 1.05 bits per heavy atom. The molecule has 0 radical (unpaired) electrons. The summed E-state index contributed by atoms with van der Waals surface area (Å²) in [6.45, 7) is 8.64. The highest BCUT2D eigenvalue weighted by Crippen LogP contribution is 2.23. The van der Waals surface area contributed by atoms with Crippen LogP contribution in [0.1, 0.15) is 45.6 Å². The Morgan fingerprint density at radius 2 is 1.74 bits per heavy atom. The Hall–Kier alpha value is -1.83. The minimum Gasteiger partial charge on any atom is -0.384 e. The summed E-state index contributed by atoms with van der Waals surface area (Å²) in [4.78, 5) is 4.11. The van der Waals surface area contributed by atoms with Gasteiger partial charge in [-0.2, -0.15) is 0 Å². The van der Waals surface area contributed by atoms with Crippen LogP contribution in [0.2, 0.25) is 0 Å². The van der Waals surface area contributed by atoms with E-state index in [1.807, 2.05) is 18.3 Å². The summed E-state index contributed by atoms with van der Waals surface area (Å²) in [6.07, 6.45) is 3.06. The Morgan fingerprint density at radius 3 is 2.26 bits per heavy atom. The van der Waals surface area contributed by atoms with Gasteiger partial charge in [0.1, 0.15) is 5.82 Å². The molecule has 0 aliphatic heterocycles. The molecular formula is C17H24N2. The molecule has 0 aliphatic rings. The fourth-order valence-electron chi connectivity index (χ4n) is 1.65. The van der Waals surface area contributed by atoms with E-state index in [0.29, 0.717) is 11.7 Å². The predicted octanol–water partition coefficient (Wildman–Crippen LogP) is 4.87. The second kappa shape index (κ2) is 7.57. The number of pyridine rings is 1. The van der Waals surface area contributed by atoms with Gasteiger partial charge >= 0.3 is 0 Å². The SMILES string of the molecule is CC(C)c1cccc(-c2ccc(N)nc2)c1.CCC. The highest BCUT2D eigenvalue weighted by atomic mass is 14.8. The second-order valence-corrected chi connectivity index (χ2v) is 4.96. The van der Waals surface area contributed by atoms with Crippen LogP contribution < -0.4 is 5.73 Å². The lowest BCUT2D eigenvalue weighted by Gasteiger charge is -2.08. The Labute approximate surface area is 116 Å². The highest BCUT2D eigenvalue weighted by Gasteiger charge is 2.02. The molecule has 0 amide bonds. The van der Waals surface area contributed by atoms with Crippen molar-refractivity contribution in [3.63, 3.8) is 0 Å². The van der Waals surface area contributed by atoms with Crippen molar-refractivity contribution in [2.24, 2.45) is 0 Å². The average Bonchev–Trinajstić information content (AvgIpc) is 2.40. The summed E-state index contributed by atoms with van der Waals surface area (Å²) in [6, 6.07) is 12.4. The molecule has 2 heteroatoms. The van der Waals surface area contributed by atoms with Gasteiger partial charge in [0.25, 0.3) is 0 Å². The maximum absolute atomic E-state index is 5.57. The summed E-state index contributed by atoms with van der Waals surface area (Å²) >= 11 is 0. The van der Waals surface area contributed by atoms with Crippen molar-refractivity contribution in [1.82, 2.24) is 4.98 Å². The van der Waals surface area contributed by atoms with Crippen LogP contribution in [0.25, 0.3) is 11.1 Å². The van der Waals surface area contributed by atoms with Crippen LogP contribution in [0.15, 0.2) is 42.6 Å². The maximum atomic E-state index is 5.57. The Kier molecular flexibility index (Phi) is 6.07. The number of hydrogen-bond donors (Lipinski definition) is 1. The average molecular weight is 256 g/mol. The van der Waals surface area contributed by atoms with Crippen LogP contribution in [0.5, 0.6) is 0 Å². The molecule has 19 heavy (non-hydrogen) atoms. The van der Waals surface area contributed by atoms with E-state index in [9.17, 15) is 0 Å². The molecule has 2 N–H and O–H groups in total. The third-order valence-electron chi connectivity index (χ3n) is 2.67. The second-order valence-electron chi connectivity index (χ2n) is 4.96. The van der Waals surface area contributed by atoms with E-state index < -0.39 is 0 Å². The maximum Gasteiger partial charge on any atom is 0.123 e. The first kappa shape index (κ1) is 15.2. The van der Waals surface area contributed by atoms with Crippen molar-refractivity contribution in [2.75, 3.05) is 5.73 Å². The van der Waals surface area contributed by atoms with Gasteiger partial charge in [-0.05, 0) is 29.2 Å². The molecule has 1 aromatic heterocycles. The fraction of sp³-hybridized carbons (Fsp3) is 0.353. The number of nitrogens with two attached hydrogens (primary N) is 1. The Balaban J connectivity index is 0.000000550. The molecule has 2 rings (SSSR count). The molecule has 0 saturated heterocycles. The molecule has 0 bridgehead atoms. The molecule has 2 aromatic rings. The van der Waals surface area contributed by atoms with Gasteiger partial charge in [-0.1, -0.05) is 58.4 Å². The zero-order valence-corrected chi connectivity index (χ0v) is 12.4. The van der Waals surface area contributed by atoms with Gasteiger partial charge in [0.15, 0.2) is 0 Å². The van der Waals surface area contributed by atoms with Crippen molar-refractivity contribution >= 4 is 5.82 Å². The molecule has 0 atom stereocenters. The first-order chi connectivity index (χ1) is 9.08. The zero-order chi connectivity index (χ0) is 14.3. The van der Waals surface area contributed by atoms with Crippen LogP contribution in [-0.2, 0) is 0 Å². The first-order valence-electron chi connectivity index (χ1n) is 6.90. The lowest BCUT2D eigenvalue weighted by atomic mass is 9.98. The van der Waals surface area contributed by atoms with E-state index >= 15 is 0 Å². The first-order valence-corrected chi connectivity index (χ1v) is 6.90. The molecule has 0 saturated carbocycles. The summed E-state index contributed by atoms with van der Waals surface area (Å²) < 4.78 is 0. The minimum atomic E-state index is 0.543. The van der Waals surface area contributed by atoms with Crippen molar-refractivity contribution < 1.29 is 0 Å². The van der Waals surface area contributed by atoms with Gasteiger partial charge in [0.2, 0.25) is 0 Å². The van der Waals surface area contributed by atoms with Crippen LogP contribution >= 0.6 is 0 Å². The number of nitrogen functional groups attached to an aromatic ring is 1. The third kappa shape index (κ3) is 4.74. The van der Waals surface area contributed by atoms with E-state index in [4.69, 9.17) is 5.73 Å². The van der Waals surface area contributed by atoms with Crippen molar-refractivity contribution in [3.8, 4) is 11.1 Å². The fourth-order valence-corrected chi connectivity index (χ4v) is 1.65. The van der Waals surface area contributed by atoms with Crippen molar-refractivity contribution in [3.05, 3.63) is 48.2 Å². The van der Waals surface area contributed by atoms with Gasteiger partial charge in [0, 0.05) is 11.8 Å². The molecule has 0 fully saturated rings. The number of anilines is 1. The van der Waals surface area contributed by atoms with Gasteiger partial charge in [-0.15, -0.1) is 0 Å². The molecule has 0 aliphatic carbocycles. The highest BCUT2D eigenvalue weighted by molar-refractivity contribution is 5.64. The zero-order valence-electron chi connectivity index (χ0n) is 12.4. The van der Waals surface area contributed by atoms with Crippen LogP contribution in [-0.4, -0.2) is 4.98 Å². The lowest BCUT2D eigenvalue weighted by Crippen LogP contribution is -1.90. The number of aromatic nitrogens is 1. The predicted molar refractivity (Wildman–Crippen MR) is 84.1 cm³/mol. The Bertz CT molecular complexity index is 487. The quantitative estimate of drug-likeness (QED) is 0.832.